The molecule has 0 amide bonds. The molecule has 4 heteroatoms. The molecular formula is C11H12BrNO2. The lowest BCUT2D eigenvalue weighted by atomic mass is 10.2. The van der Waals surface area contributed by atoms with Gasteiger partial charge in [-0.15, -0.1) is 0 Å². The van der Waals surface area contributed by atoms with Gasteiger partial charge in [-0.1, -0.05) is 22.0 Å². The SMILES string of the molecule is CCOc1cc(CBr)ccc1OCC#N. The second-order valence-electron chi connectivity index (χ2n) is 2.79. The quantitative estimate of drug-likeness (QED) is 0.772. The summed E-state index contributed by atoms with van der Waals surface area (Å²) in [5, 5.41) is 9.20. The lowest BCUT2D eigenvalue weighted by molar-refractivity contribution is 0.298. The molecule has 1 rings (SSSR count). The standard InChI is InChI=1S/C11H12BrNO2/c1-2-14-11-7-9(8-12)3-4-10(11)15-6-5-13/h3-4,7H,2,6,8H2,1H3. The molecule has 0 N–H and O–H groups in total. The number of ether oxygens (including phenoxy) is 2. The van der Waals surface area contributed by atoms with Crippen molar-refractivity contribution >= 4 is 15.9 Å². The molecule has 0 atom stereocenters. The predicted molar refractivity (Wildman–Crippen MR) is 61.4 cm³/mol. The average Bonchev–Trinajstić information content (AvgIpc) is 2.27. The van der Waals surface area contributed by atoms with Crippen LogP contribution in [0.3, 0.4) is 0 Å². The minimum Gasteiger partial charge on any atom is -0.490 e. The van der Waals surface area contributed by atoms with Crippen LogP contribution < -0.4 is 9.47 Å². The van der Waals surface area contributed by atoms with Crippen LogP contribution >= 0.6 is 15.9 Å². The van der Waals surface area contributed by atoms with Crippen LogP contribution in [0.5, 0.6) is 11.5 Å². The van der Waals surface area contributed by atoms with E-state index in [0.717, 1.165) is 10.9 Å². The Balaban J connectivity index is 2.88. The third-order valence-electron chi connectivity index (χ3n) is 1.75. The van der Waals surface area contributed by atoms with Gasteiger partial charge in [0, 0.05) is 5.33 Å². The highest BCUT2D eigenvalue weighted by atomic mass is 79.9. The number of nitriles is 1. The maximum absolute atomic E-state index is 8.43. The Kier molecular flexibility index (Phi) is 4.99. The molecule has 0 aliphatic carbocycles. The highest BCUT2D eigenvalue weighted by molar-refractivity contribution is 9.08. The van der Waals surface area contributed by atoms with Crippen molar-refractivity contribution in [2.24, 2.45) is 0 Å². The van der Waals surface area contributed by atoms with Crippen molar-refractivity contribution in [2.75, 3.05) is 13.2 Å². The van der Waals surface area contributed by atoms with Gasteiger partial charge in [-0.3, -0.25) is 0 Å². The zero-order valence-corrected chi connectivity index (χ0v) is 10.1. The predicted octanol–water partition coefficient (Wildman–Crippen LogP) is 2.88. The second kappa shape index (κ2) is 6.31. The Hall–Kier alpha value is -1.21. The summed E-state index contributed by atoms with van der Waals surface area (Å²) in [5.41, 5.74) is 1.11. The number of hydrogen-bond acceptors (Lipinski definition) is 3. The highest BCUT2D eigenvalue weighted by Crippen LogP contribution is 2.29. The largest absolute Gasteiger partial charge is 0.490 e. The van der Waals surface area contributed by atoms with Crippen LogP contribution in [0.25, 0.3) is 0 Å². The molecular weight excluding hydrogens is 258 g/mol. The number of benzene rings is 1. The minimum absolute atomic E-state index is 0.0354. The first-order valence-corrected chi connectivity index (χ1v) is 5.75. The van der Waals surface area contributed by atoms with Crippen molar-refractivity contribution < 1.29 is 9.47 Å². The number of nitrogens with zero attached hydrogens (tertiary/aromatic N) is 1. The van der Waals surface area contributed by atoms with E-state index in [1.54, 1.807) is 0 Å². The monoisotopic (exact) mass is 269 g/mol. The molecule has 0 saturated heterocycles. The summed E-state index contributed by atoms with van der Waals surface area (Å²) < 4.78 is 10.7. The smallest absolute Gasteiger partial charge is 0.174 e. The topological polar surface area (TPSA) is 42.2 Å². The Morgan fingerprint density at radius 1 is 1.33 bits per heavy atom. The lowest BCUT2D eigenvalue weighted by Gasteiger charge is -2.10. The van der Waals surface area contributed by atoms with Crippen LogP contribution in [0, 0.1) is 11.3 Å². The van der Waals surface area contributed by atoms with E-state index >= 15 is 0 Å². The molecule has 80 valence electrons. The molecule has 0 saturated carbocycles. The molecule has 0 heterocycles. The third-order valence-corrected chi connectivity index (χ3v) is 2.40. The van der Waals surface area contributed by atoms with E-state index < -0.39 is 0 Å². The van der Waals surface area contributed by atoms with Crippen molar-refractivity contribution in [2.45, 2.75) is 12.3 Å². The summed E-state index contributed by atoms with van der Waals surface area (Å²) in [5.74, 6) is 1.30. The first-order valence-electron chi connectivity index (χ1n) is 4.63. The van der Waals surface area contributed by atoms with Gasteiger partial charge in [-0.05, 0) is 24.6 Å². The Morgan fingerprint density at radius 2 is 2.13 bits per heavy atom. The molecule has 15 heavy (non-hydrogen) atoms. The van der Waals surface area contributed by atoms with Gasteiger partial charge in [-0.25, -0.2) is 0 Å². The normalized spacial score (nSPS) is 9.40. The number of halogens is 1. The molecule has 0 aliphatic rings. The van der Waals surface area contributed by atoms with E-state index in [9.17, 15) is 0 Å². The second-order valence-corrected chi connectivity index (χ2v) is 3.36. The average molecular weight is 270 g/mol. The van der Waals surface area contributed by atoms with E-state index in [2.05, 4.69) is 15.9 Å². The first kappa shape index (κ1) is 11.9. The van der Waals surface area contributed by atoms with Gasteiger partial charge >= 0.3 is 0 Å². The summed E-state index contributed by atoms with van der Waals surface area (Å²) in [4.78, 5) is 0. The van der Waals surface area contributed by atoms with Gasteiger partial charge in [0.05, 0.1) is 6.61 Å². The van der Waals surface area contributed by atoms with Gasteiger partial charge in [0.15, 0.2) is 18.1 Å². The van der Waals surface area contributed by atoms with Gasteiger partial charge in [-0.2, -0.15) is 5.26 Å². The Bertz CT molecular complexity index is 360. The molecule has 0 radical (unpaired) electrons. The van der Waals surface area contributed by atoms with Crippen molar-refractivity contribution in [3.63, 3.8) is 0 Å². The van der Waals surface area contributed by atoms with E-state index in [4.69, 9.17) is 14.7 Å². The zero-order chi connectivity index (χ0) is 11.1. The molecule has 0 aromatic heterocycles. The maximum atomic E-state index is 8.43. The van der Waals surface area contributed by atoms with Crippen LogP contribution in [0.4, 0.5) is 0 Å². The van der Waals surface area contributed by atoms with Crippen molar-refractivity contribution in [3.8, 4) is 17.6 Å². The summed E-state index contributed by atoms with van der Waals surface area (Å²) in [6.45, 7) is 2.53. The van der Waals surface area contributed by atoms with Gasteiger partial charge in [0.1, 0.15) is 6.07 Å². The molecule has 3 nitrogen and oxygen atoms in total. The maximum Gasteiger partial charge on any atom is 0.174 e. The number of rotatable bonds is 5. The van der Waals surface area contributed by atoms with Crippen LogP contribution in [0.1, 0.15) is 12.5 Å². The number of hydrogen-bond donors (Lipinski definition) is 0. The lowest BCUT2D eigenvalue weighted by Crippen LogP contribution is -1.99. The summed E-state index contributed by atoms with van der Waals surface area (Å²) in [6, 6.07) is 7.59. The van der Waals surface area contributed by atoms with Gasteiger partial charge in [0.25, 0.3) is 0 Å². The summed E-state index contributed by atoms with van der Waals surface area (Å²) in [6.07, 6.45) is 0. The minimum atomic E-state index is 0.0354. The molecule has 0 aliphatic heterocycles. The molecule has 0 spiro atoms. The molecule has 0 fully saturated rings. The fraction of sp³-hybridized carbons (Fsp3) is 0.364. The van der Waals surface area contributed by atoms with Crippen molar-refractivity contribution in [1.82, 2.24) is 0 Å². The van der Waals surface area contributed by atoms with Crippen LogP contribution in [0.15, 0.2) is 18.2 Å². The molecule has 1 aromatic carbocycles. The zero-order valence-electron chi connectivity index (χ0n) is 8.50. The van der Waals surface area contributed by atoms with E-state index in [0.29, 0.717) is 18.1 Å². The third kappa shape index (κ3) is 3.45. The first-order chi connectivity index (χ1) is 7.31. The van der Waals surface area contributed by atoms with Gasteiger partial charge in [0.2, 0.25) is 0 Å². The highest BCUT2D eigenvalue weighted by Gasteiger charge is 2.05. The molecule has 0 unspecified atom stereocenters. The van der Waals surface area contributed by atoms with Crippen molar-refractivity contribution in [3.05, 3.63) is 23.8 Å². The fourth-order valence-electron chi connectivity index (χ4n) is 1.13. The summed E-state index contributed by atoms with van der Waals surface area (Å²) >= 11 is 3.37. The van der Waals surface area contributed by atoms with Crippen molar-refractivity contribution in [1.29, 1.82) is 5.26 Å². The van der Waals surface area contributed by atoms with E-state index in [1.165, 1.54) is 0 Å². The fourth-order valence-corrected chi connectivity index (χ4v) is 1.48. The van der Waals surface area contributed by atoms with E-state index in [1.807, 2.05) is 31.2 Å². The van der Waals surface area contributed by atoms with Crippen LogP contribution in [0.2, 0.25) is 0 Å². The molecule has 1 aromatic rings. The van der Waals surface area contributed by atoms with Gasteiger partial charge < -0.3 is 9.47 Å². The number of alkyl halides is 1. The van der Waals surface area contributed by atoms with Crippen LogP contribution in [-0.2, 0) is 5.33 Å². The summed E-state index contributed by atoms with van der Waals surface area (Å²) in [7, 11) is 0. The Labute approximate surface area is 97.7 Å². The van der Waals surface area contributed by atoms with E-state index in [-0.39, 0.29) is 6.61 Å². The van der Waals surface area contributed by atoms with Crippen LogP contribution in [-0.4, -0.2) is 13.2 Å². The Morgan fingerprint density at radius 3 is 2.73 bits per heavy atom. The molecule has 0 bridgehead atoms.